The van der Waals surface area contributed by atoms with Gasteiger partial charge in [-0.25, -0.2) is 8.78 Å². The summed E-state index contributed by atoms with van der Waals surface area (Å²) in [5.41, 5.74) is 5.46. The Morgan fingerprint density at radius 3 is 2.14 bits per heavy atom. The average molecular weight is 222 g/mol. The molecule has 0 heterocycles. The molecular formula is C9H10ClF2NO. The summed E-state index contributed by atoms with van der Waals surface area (Å²) < 4.78 is 25.9. The molecule has 1 rings (SSSR count). The van der Waals surface area contributed by atoms with Crippen LogP contribution in [0.4, 0.5) is 8.78 Å². The van der Waals surface area contributed by atoms with Crippen LogP contribution in [-0.2, 0) is 0 Å². The zero-order valence-corrected chi connectivity index (χ0v) is 8.22. The van der Waals surface area contributed by atoms with E-state index in [0.717, 1.165) is 12.1 Å². The molecule has 0 aromatic heterocycles. The lowest BCUT2D eigenvalue weighted by molar-refractivity contribution is 0.152. The van der Waals surface area contributed by atoms with Crippen LogP contribution in [0, 0.1) is 11.6 Å². The van der Waals surface area contributed by atoms with Gasteiger partial charge in [-0.05, 0) is 24.6 Å². The molecule has 0 amide bonds. The highest BCUT2D eigenvalue weighted by molar-refractivity contribution is 6.30. The molecule has 0 fully saturated rings. The predicted molar refractivity (Wildman–Crippen MR) is 50.0 cm³/mol. The van der Waals surface area contributed by atoms with Gasteiger partial charge in [-0.1, -0.05) is 11.6 Å². The first-order chi connectivity index (χ1) is 6.43. The molecule has 0 saturated heterocycles. The molecule has 2 nitrogen and oxygen atoms in total. The Hall–Kier alpha value is -0.710. The second kappa shape index (κ2) is 4.21. The molecule has 0 aliphatic carbocycles. The lowest BCUT2D eigenvalue weighted by Crippen LogP contribution is -2.24. The third kappa shape index (κ3) is 2.20. The van der Waals surface area contributed by atoms with E-state index in [-0.39, 0.29) is 5.56 Å². The van der Waals surface area contributed by atoms with Gasteiger partial charge in [-0.2, -0.15) is 0 Å². The Balaban J connectivity index is 3.12. The molecule has 0 spiro atoms. The maximum atomic E-state index is 12.9. The fourth-order valence-corrected chi connectivity index (χ4v) is 1.16. The molecule has 2 atom stereocenters. The van der Waals surface area contributed by atoms with Crippen molar-refractivity contribution in [3.8, 4) is 0 Å². The van der Waals surface area contributed by atoms with Crippen LogP contribution in [0.1, 0.15) is 18.6 Å². The van der Waals surface area contributed by atoms with Gasteiger partial charge in [0.2, 0.25) is 0 Å². The minimum atomic E-state index is -1.10. The van der Waals surface area contributed by atoms with Crippen LogP contribution in [0.25, 0.3) is 0 Å². The molecule has 0 bridgehead atoms. The maximum absolute atomic E-state index is 12.9. The van der Waals surface area contributed by atoms with E-state index in [2.05, 4.69) is 0 Å². The van der Waals surface area contributed by atoms with Crippen molar-refractivity contribution in [3.05, 3.63) is 34.4 Å². The van der Waals surface area contributed by atoms with Gasteiger partial charge < -0.3 is 10.8 Å². The molecule has 1 aromatic carbocycles. The zero-order chi connectivity index (χ0) is 10.9. The molecule has 78 valence electrons. The highest BCUT2D eigenvalue weighted by Crippen LogP contribution is 2.24. The summed E-state index contributed by atoms with van der Waals surface area (Å²) in [5, 5.41) is 8.86. The maximum Gasteiger partial charge on any atom is 0.145 e. The summed E-state index contributed by atoms with van der Waals surface area (Å²) in [7, 11) is 0. The summed E-state index contributed by atoms with van der Waals surface area (Å²) in [6.07, 6.45) is -1.10. The standard InChI is InChI=1S/C9H10ClF2NO/c1-4(13)9(14)5-2-6(11)8(10)7(12)3-5/h2-4,9,14H,13H2,1H3/t4-,9-/m1/s1. The number of aliphatic hydroxyl groups is 1. The Bertz CT molecular complexity index is 321. The molecule has 5 heteroatoms. The van der Waals surface area contributed by atoms with E-state index >= 15 is 0 Å². The van der Waals surface area contributed by atoms with Gasteiger partial charge in [0.1, 0.15) is 16.7 Å². The number of benzene rings is 1. The van der Waals surface area contributed by atoms with E-state index < -0.39 is 28.8 Å². The van der Waals surface area contributed by atoms with Crippen LogP contribution >= 0.6 is 11.6 Å². The van der Waals surface area contributed by atoms with Crippen LogP contribution in [-0.4, -0.2) is 11.1 Å². The monoisotopic (exact) mass is 221 g/mol. The third-order valence-electron chi connectivity index (χ3n) is 1.85. The second-order valence-corrected chi connectivity index (χ2v) is 3.48. The highest BCUT2D eigenvalue weighted by atomic mass is 35.5. The summed E-state index contributed by atoms with van der Waals surface area (Å²) >= 11 is 5.27. The fraction of sp³-hybridized carbons (Fsp3) is 0.333. The van der Waals surface area contributed by atoms with Crippen LogP contribution < -0.4 is 5.73 Å². The van der Waals surface area contributed by atoms with Gasteiger partial charge in [-0.15, -0.1) is 0 Å². The minimum Gasteiger partial charge on any atom is -0.387 e. The summed E-state index contributed by atoms with van der Waals surface area (Å²) in [6.45, 7) is 1.54. The van der Waals surface area contributed by atoms with E-state index in [4.69, 9.17) is 17.3 Å². The van der Waals surface area contributed by atoms with Gasteiger partial charge in [0.25, 0.3) is 0 Å². The van der Waals surface area contributed by atoms with E-state index in [9.17, 15) is 13.9 Å². The molecule has 0 radical (unpaired) electrons. The summed E-state index contributed by atoms with van der Waals surface area (Å²) in [5.74, 6) is -1.80. The SMILES string of the molecule is C[C@@H](N)[C@@H](O)c1cc(F)c(Cl)c(F)c1. The molecule has 3 N–H and O–H groups in total. The van der Waals surface area contributed by atoms with Gasteiger partial charge in [-0.3, -0.25) is 0 Å². The van der Waals surface area contributed by atoms with Crippen molar-refractivity contribution in [1.29, 1.82) is 0 Å². The zero-order valence-electron chi connectivity index (χ0n) is 7.47. The van der Waals surface area contributed by atoms with E-state index in [0.29, 0.717) is 0 Å². The minimum absolute atomic E-state index is 0.0828. The molecule has 0 saturated carbocycles. The molecule has 1 aromatic rings. The Labute approximate surface area is 85.3 Å². The van der Waals surface area contributed by atoms with Crippen LogP contribution in [0.2, 0.25) is 5.02 Å². The molecule has 0 aliphatic heterocycles. The van der Waals surface area contributed by atoms with Crippen molar-refractivity contribution < 1.29 is 13.9 Å². The third-order valence-corrected chi connectivity index (χ3v) is 2.21. The van der Waals surface area contributed by atoms with Crippen molar-refractivity contribution in [1.82, 2.24) is 0 Å². The largest absolute Gasteiger partial charge is 0.387 e. The molecule has 0 unspecified atom stereocenters. The topological polar surface area (TPSA) is 46.2 Å². The smallest absolute Gasteiger partial charge is 0.145 e. The number of nitrogens with two attached hydrogens (primary N) is 1. The van der Waals surface area contributed by atoms with Crippen LogP contribution in [0.15, 0.2) is 12.1 Å². The molecular weight excluding hydrogens is 212 g/mol. The summed E-state index contributed by atoms with van der Waals surface area (Å²) in [6, 6.07) is 1.34. The lowest BCUT2D eigenvalue weighted by atomic mass is 10.0. The first-order valence-electron chi connectivity index (χ1n) is 4.01. The predicted octanol–water partition coefficient (Wildman–Crippen LogP) is 2.00. The highest BCUT2D eigenvalue weighted by Gasteiger charge is 2.17. The molecule has 14 heavy (non-hydrogen) atoms. The van der Waals surface area contributed by atoms with Gasteiger partial charge in [0, 0.05) is 6.04 Å². The Morgan fingerprint density at radius 2 is 1.79 bits per heavy atom. The Morgan fingerprint density at radius 1 is 1.36 bits per heavy atom. The van der Waals surface area contributed by atoms with Crippen LogP contribution in [0.3, 0.4) is 0 Å². The lowest BCUT2D eigenvalue weighted by Gasteiger charge is -2.15. The van der Waals surface area contributed by atoms with Gasteiger partial charge in [0.05, 0.1) is 6.10 Å². The van der Waals surface area contributed by atoms with Gasteiger partial charge >= 0.3 is 0 Å². The fourth-order valence-electron chi connectivity index (χ4n) is 1.05. The van der Waals surface area contributed by atoms with E-state index in [1.54, 1.807) is 0 Å². The van der Waals surface area contributed by atoms with Crippen molar-refractivity contribution in [2.75, 3.05) is 0 Å². The van der Waals surface area contributed by atoms with Crippen molar-refractivity contribution in [2.24, 2.45) is 5.73 Å². The number of halogens is 3. The average Bonchev–Trinajstić information content (AvgIpc) is 2.12. The summed E-state index contributed by atoms with van der Waals surface area (Å²) in [4.78, 5) is 0. The van der Waals surface area contributed by atoms with Crippen LogP contribution in [0.5, 0.6) is 0 Å². The van der Waals surface area contributed by atoms with Crippen molar-refractivity contribution >= 4 is 11.6 Å². The van der Waals surface area contributed by atoms with Crippen molar-refractivity contribution in [3.63, 3.8) is 0 Å². The second-order valence-electron chi connectivity index (χ2n) is 3.10. The van der Waals surface area contributed by atoms with Gasteiger partial charge in [0.15, 0.2) is 0 Å². The number of hydrogen-bond donors (Lipinski definition) is 2. The normalized spacial score (nSPS) is 15.3. The number of hydrogen-bond acceptors (Lipinski definition) is 2. The first kappa shape index (κ1) is 11.4. The first-order valence-corrected chi connectivity index (χ1v) is 4.39. The Kier molecular flexibility index (Phi) is 3.42. The quantitative estimate of drug-likeness (QED) is 0.751. The van der Waals surface area contributed by atoms with E-state index in [1.807, 2.05) is 0 Å². The van der Waals surface area contributed by atoms with E-state index in [1.165, 1.54) is 6.92 Å². The van der Waals surface area contributed by atoms with Crippen molar-refractivity contribution in [2.45, 2.75) is 19.1 Å². The molecule has 0 aliphatic rings. The number of rotatable bonds is 2. The number of aliphatic hydroxyl groups excluding tert-OH is 1.